The Morgan fingerprint density at radius 3 is 2.59 bits per heavy atom. The number of amides is 1. The number of morpholine rings is 1. The molecule has 9 heteroatoms. The Morgan fingerprint density at radius 1 is 1.27 bits per heavy atom. The van der Waals surface area contributed by atoms with Gasteiger partial charge >= 0.3 is 0 Å². The molecule has 1 aliphatic heterocycles. The summed E-state index contributed by atoms with van der Waals surface area (Å²) in [5, 5.41) is 2.84. The number of nitrogens with one attached hydrogen (secondary N) is 1. The molecule has 0 bridgehead atoms. The maximum Gasteiger partial charge on any atom is 0.273 e. The fourth-order valence-corrected chi connectivity index (χ4v) is 3.83. The van der Waals surface area contributed by atoms with Crippen LogP contribution in [0, 0.1) is 0 Å². The predicted molar refractivity (Wildman–Crippen MR) is 145 cm³/mol. The standard InChI is InChI=1S/C28H36FN5O3/c1-18(2)37-27-25(34-10-12-36-13-11-34)15-21(17-32-27)23(20(4)30-7)14-19(3)33-26(35)24-16-22(8-9-31-24)28(5,6)29/h8-9,14-18H,7,10-13H2,1-6H3,(H,33,35)/b19-14+,23-20+. The van der Waals surface area contributed by atoms with E-state index in [9.17, 15) is 9.18 Å². The Morgan fingerprint density at radius 2 is 1.97 bits per heavy atom. The van der Waals surface area contributed by atoms with E-state index in [1.807, 2.05) is 32.9 Å². The monoisotopic (exact) mass is 509 g/mol. The van der Waals surface area contributed by atoms with E-state index in [2.05, 4.69) is 31.9 Å². The van der Waals surface area contributed by atoms with Crippen molar-refractivity contribution in [3.8, 4) is 5.88 Å². The summed E-state index contributed by atoms with van der Waals surface area (Å²) in [6, 6.07) is 5.03. The number of carbonyl (C=O) groups is 1. The molecule has 0 atom stereocenters. The highest BCUT2D eigenvalue weighted by atomic mass is 19.1. The highest BCUT2D eigenvalue weighted by Crippen LogP contribution is 2.33. The number of ether oxygens (including phenoxy) is 2. The number of rotatable bonds is 9. The molecule has 1 fully saturated rings. The van der Waals surface area contributed by atoms with Gasteiger partial charge in [-0.15, -0.1) is 0 Å². The van der Waals surface area contributed by atoms with Gasteiger partial charge in [0.05, 0.1) is 19.3 Å². The van der Waals surface area contributed by atoms with Gasteiger partial charge in [-0.2, -0.15) is 0 Å². The summed E-state index contributed by atoms with van der Waals surface area (Å²) in [7, 11) is 0. The van der Waals surface area contributed by atoms with E-state index in [0.29, 0.717) is 36.1 Å². The van der Waals surface area contributed by atoms with Gasteiger partial charge in [-0.1, -0.05) is 0 Å². The van der Waals surface area contributed by atoms with Crippen LogP contribution in [0.3, 0.4) is 0 Å². The summed E-state index contributed by atoms with van der Waals surface area (Å²) >= 11 is 0. The maximum absolute atomic E-state index is 14.4. The molecule has 0 saturated carbocycles. The highest BCUT2D eigenvalue weighted by molar-refractivity contribution is 5.94. The molecule has 0 aromatic carbocycles. The van der Waals surface area contributed by atoms with Crippen LogP contribution in [0.4, 0.5) is 10.1 Å². The minimum absolute atomic E-state index is 0.0304. The number of nitrogens with zero attached hydrogens (tertiary/aromatic N) is 4. The summed E-state index contributed by atoms with van der Waals surface area (Å²) in [6.07, 6.45) is 4.94. The first-order valence-electron chi connectivity index (χ1n) is 12.3. The summed E-state index contributed by atoms with van der Waals surface area (Å²) in [6.45, 7) is 16.8. The van der Waals surface area contributed by atoms with Gasteiger partial charge in [-0.25, -0.2) is 9.37 Å². The number of alkyl halides is 1. The van der Waals surface area contributed by atoms with Gasteiger partial charge in [-0.3, -0.25) is 14.8 Å². The number of pyridine rings is 2. The van der Waals surface area contributed by atoms with Crippen LogP contribution in [-0.2, 0) is 10.4 Å². The van der Waals surface area contributed by atoms with Crippen molar-refractivity contribution in [3.63, 3.8) is 0 Å². The molecule has 198 valence electrons. The van der Waals surface area contributed by atoms with E-state index in [1.54, 1.807) is 19.2 Å². The lowest BCUT2D eigenvalue weighted by Crippen LogP contribution is -2.36. The minimum atomic E-state index is -1.58. The van der Waals surface area contributed by atoms with Crippen molar-refractivity contribution in [1.82, 2.24) is 15.3 Å². The van der Waals surface area contributed by atoms with Gasteiger partial charge in [0.25, 0.3) is 5.91 Å². The molecule has 1 amide bonds. The molecule has 2 aromatic rings. The van der Waals surface area contributed by atoms with Crippen molar-refractivity contribution >= 4 is 23.9 Å². The normalized spacial score (nSPS) is 15.4. The summed E-state index contributed by atoms with van der Waals surface area (Å²) in [4.78, 5) is 27.9. The first kappa shape index (κ1) is 28.0. The topological polar surface area (TPSA) is 88.9 Å². The Hall–Kier alpha value is -3.59. The molecular formula is C28H36FN5O3. The van der Waals surface area contributed by atoms with Crippen molar-refractivity contribution in [2.24, 2.45) is 4.99 Å². The highest BCUT2D eigenvalue weighted by Gasteiger charge is 2.22. The van der Waals surface area contributed by atoms with E-state index in [0.717, 1.165) is 29.9 Å². The van der Waals surface area contributed by atoms with Crippen LogP contribution in [0.5, 0.6) is 5.88 Å². The number of hydrogen-bond acceptors (Lipinski definition) is 7. The third-order valence-corrected chi connectivity index (χ3v) is 5.82. The summed E-state index contributed by atoms with van der Waals surface area (Å²) < 4.78 is 25.9. The number of halogens is 1. The second-order valence-electron chi connectivity index (χ2n) is 9.66. The van der Waals surface area contributed by atoms with E-state index in [-0.39, 0.29) is 11.8 Å². The molecule has 0 unspecified atom stereocenters. The number of aromatic nitrogens is 2. The number of aliphatic imine (C=N–C) groups is 1. The second-order valence-corrected chi connectivity index (χ2v) is 9.66. The number of carbonyl (C=O) groups excluding carboxylic acids is 1. The Kier molecular flexibility index (Phi) is 9.15. The molecule has 0 aliphatic carbocycles. The fourth-order valence-electron chi connectivity index (χ4n) is 3.83. The Bertz CT molecular complexity index is 1190. The van der Waals surface area contributed by atoms with Gasteiger partial charge < -0.3 is 19.7 Å². The lowest BCUT2D eigenvalue weighted by molar-refractivity contribution is 0.0960. The lowest BCUT2D eigenvalue weighted by Gasteiger charge is -2.30. The van der Waals surface area contributed by atoms with Crippen LogP contribution in [0.25, 0.3) is 5.57 Å². The zero-order valence-electron chi connectivity index (χ0n) is 22.5. The number of allylic oxidation sites excluding steroid dienone is 4. The molecule has 1 aliphatic rings. The van der Waals surface area contributed by atoms with Crippen molar-refractivity contribution in [1.29, 1.82) is 0 Å². The molecule has 3 rings (SSSR count). The Balaban J connectivity index is 1.94. The maximum atomic E-state index is 14.4. The SMILES string of the molecule is C=N/C(C)=C(\C=C(/C)NC(=O)c1cc(C(C)(C)F)ccn1)c1cnc(OC(C)C)c(N2CCOCC2)c1. The van der Waals surface area contributed by atoms with Gasteiger partial charge in [0.1, 0.15) is 17.1 Å². The first-order valence-corrected chi connectivity index (χ1v) is 12.3. The molecule has 1 saturated heterocycles. The number of anilines is 1. The van der Waals surface area contributed by atoms with Crippen LogP contribution in [0.2, 0.25) is 0 Å². The molecule has 2 aromatic heterocycles. The summed E-state index contributed by atoms with van der Waals surface area (Å²) in [5.41, 5.74) is 2.58. The summed E-state index contributed by atoms with van der Waals surface area (Å²) in [5.74, 6) is 0.121. The molecule has 8 nitrogen and oxygen atoms in total. The smallest absolute Gasteiger partial charge is 0.273 e. The first-order chi connectivity index (χ1) is 17.5. The molecule has 0 spiro atoms. The zero-order valence-corrected chi connectivity index (χ0v) is 22.5. The Labute approximate surface area is 218 Å². The zero-order chi connectivity index (χ0) is 27.2. The lowest BCUT2D eigenvalue weighted by atomic mass is 10.0. The quantitative estimate of drug-likeness (QED) is 0.375. The van der Waals surface area contributed by atoms with Crippen molar-refractivity contribution < 1.29 is 18.7 Å². The molecule has 0 radical (unpaired) electrons. The fraction of sp³-hybridized carbons (Fsp3) is 0.429. The number of hydrogen-bond donors (Lipinski definition) is 1. The van der Waals surface area contributed by atoms with Gasteiger partial charge in [0.2, 0.25) is 5.88 Å². The largest absolute Gasteiger partial charge is 0.473 e. The van der Waals surface area contributed by atoms with Gasteiger partial charge in [0.15, 0.2) is 0 Å². The molecular weight excluding hydrogens is 473 g/mol. The molecule has 1 N–H and O–H groups in total. The van der Waals surface area contributed by atoms with Crippen LogP contribution in [-0.4, -0.2) is 55.0 Å². The average molecular weight is 510 g/mol. The van der Waals surface area contributed by atoms with Crippen LogP contribution in [0.1, 0.15) is 63.2 Å². The van der Waals surface area contributed by atoms with Gasteiger partial charge in [0, 0.05) is 48.0 Å². The third-order valence-electron chi connectivity index (χ3n) is 5.82. The molecule has 3 heterocycles. The molecule has 37 heavy (non-hydrogen) atoms. The van der Waals surface area contributed by atoms with Crippen molar-refractivity contribution in [2.45, 2.75) is 53.3 Å². The van der Waals surface area contributed by atoms with E-state index < -0.39 is 11.6 Å². The second kappa shape index (κ2) is 12.1. The van der Waals surface area contributed by atoms with Crippen LogP contribution >= 0.6 is 0 Å². The third kappa shape index (κ3) is 7.45. The van der Waals surface area contributed by atoms with Crippen LogP contribution < -0.4 is 15.0 Å². The minimum Gasteiger partial charge on any atom is -0.473 e. The van der Waals surface area contributed by atoms with Crippen molar-refractivity contribution in [2.75, 3.05) is 31.2 Å². The van der Waals surface area contributed by atoms with E-state index in [1.165, 1.54) is 26.1 Å². The van der Waals surface area contributed by atoms with E-state index in [4.69, 9.17) is 9.47 Å². The van der Waals surface area contributed by atoms with Gasteiger partial charge in [-0.05, 0) is 78.1 Å². The van der Waals surface area contributed by atoms with Crippen LogP contribution in [0.15, 0.2) is 53.1 Å². The van der Waals surface area contributed by atoms with E-state index >= 15 is 0 Å². The average Bonchev–Trinajstić information content (AvgIpc) is 2.87. The predicted octanol–water partition coefficient (Wildman–Crippen LogP) is 5.07. The van der Waals surface area contributed by atoms with Crippen molar-refractivity contribution in [3.05, 3.63) is 64.9 Å².